The van der Waals surface area contributed by atoms with Crippen LogP contribution in [-0.2, 0) is 4.79 Å². The zero-order chi connectivity index (χ0) is 15.8. The highest BCUT2D eigenvalue weighted by molar-refractivity contribution is 5.94. The molecule has 2 N–H and O–H groups in total. The quantitative estimate of drug-likeness (QED) is 0.779. The minimum absolute atomic E-state index is 0.0707. The van der Waals surface area contributed by atoms with Gasteiger partial charge in [-0.3, -0.25) is 4.79 Å². The van der Waals surface area contributed by atoms with E-state index < -0.39 is 0 Å². The monoisotopic (exact) mass is 307 g/mol. The topological polar surface area (TPSA) is 83.6 Å². The first kappa shape index (κ1) is 13.9. The Hall–Kier alpha value is -2.76. The lowest BCUT2D eigenvalue weighted by molar-refractivity contribution is -0.122. The SMILES string of the molecule is Cc1cc(-c2cc3cnc(NC(=O)C4CCC4)cc3[nH]2)ncn1. The molecule has 1 aliphatic rings. The zero-order valence-corrected chi connectivity index (χ0v) is 12.8. The first-order chi connectivity index (χ1) is 11.2. The molecule has 0 aliphatic heterocycles. The number of nitrogens with one attached hydrogen (secondary N) is 2. The molecule has 3 heterocycles. The van der Waals surface area contributed by atoms with Crippen LogP contribution in [0.25, 0.3) is 22.3 Å². The van der Waals surface area contributed by atoms with Crippen LogP contribution in [-0.4, -0.2) is 25.8 Å². The molecule has 1 aliphatic carbocycles. The van der Waals surface area contributed by atoms with Crippen LogP contribution < -0.4 is 5.32 Å². The molecule has 1 fully saturated rings. The van der Waals surface area contributed by atoms with Crippen LogP contribution >= 0.6 is 0 Å². The van der Waals surface area contributed by atoms with Crippen LogP contribution in [0, 0.1) is 12.8 Å². The molecule has 0 atom stereocenters. The molecule has 0 bridgehead atoms. The largest absolute Gasteiger partial charge is 0.353 e. The van der Waals surface area contributed by atoms with Crippen LogP contribution in [0.3, 0.4) is 0 Å². The summed E-state index contributed by atoms with van der Waals surface area (Å²) in [6, 6.07) is 5.79. The van der Waals surface area contributed by atoms with Crippen LogP contribution in [0.2, 0.25) is 0 Å². The molecular formula is C17H17N5O. The standard InChI is InChI=1S/C17H17N5O/c1-10-5-14(20-9-19-10)15-6-12-8-18-16(7-13(12)21-15)22-17(23)11-3-2-4-11/h5-9,11,21H,2-4H2,1H3,(H,18,22,23). The molecule has 0 aromatic carbocycles. The maximum Gasteiger partial charge on any atom is 0.228 e. The number of anilines is 1. The van der Waals surface area contributed by atoms with E-state index in [9.17, 15) is 4.79 Å². The lowest BCUT2D eigenvalue weighted by atomic mass is 9.85. The van der Waals surface area contributed by atoms with Crippen LogP contribution in [0.15, 0.2) is 30.7 Å². The van der Waals surface area contributed by atoms with Gasteiger partial charge in [-0.15, -0.1) is 0 Å². The highest BCUT2D eigenvalue weighted by atomic mass is 16.2. The van der Waals surface area contributed by atoms with Crippen molar-refractivity contribution in [2.45, 2.75) is 26.2 Å². The van der Waals surface area contributed by atoms with Gasteiger partial charge in [0.05, 0.1) is 16.9 Å². The minimum Gasteiger partial charge on any atom is -0.353 e. The van der Waals surface area contributed by atoms with Crippen molar-refractivity contribution in [3.8, 4) is 11.4 Å². The van der Waals surface area contributed by atoms with Gasteiger partial charge in [-0.1, -0.05) is 6.42 Å². The van der Waals surface area contributed by atoms with E-state index in [2.05, 4.69) is 25.3 Å². The van der Waals surface area contributed by atoms with Crippen molar-refractivity contribution < 1.29 is 4.79 Å². The molecule has 1 amide bonds. The molecule has 0 radical (unpaired) electrons. The van der Waals surface area contributed by atoms with Crippen molar-refractivity contribution in [1.29, 1.82) is 0 Å². The van der Waals surface area contributed by atoms with Gasteiger partial charge < -0.3 is 10.3 Å². The third kappa shape index (κ3) is 2.67. The fraction of sp³-hybridized carbons (Fsp3) is 0.294. The smallest absolute Gasteiger partial charge is 0.228 e. The van der Waals surface area contributed by atoms with E-state index in [1.165, 1.54) is 0 Å². The van der Waals surface area contributed by atoms with Crippen molar-refractivity contribution in [3.63, 3.8) is 0 Å². The molecule has 0 saturated heterocycles. The van der Waals surface area contributed by atoms with Crippen LogP contribution in [0.4, 0.5) is 5.82 Å². The fourth-order valence-corrected chi connectivity index (χ4v) is 2.73. The van der Waals surface area contributed by atoms with Crippen molar-refractivity contribution >= 4 is 22.6 Å². The number of pyridine rings is 1. The Morgan fingerprint density at radius 1 is 1.22 bits per heavy atom. The molecule has 0 unspecified atom stereocenters. The summed E-state index contributed by atoms with van der Waals surface area (Å²) in [5.74, 6) is 0.804. The highest BCUT2D eigenvalue weighted by Gasteiger charge is 2.25. The molecular weight excluding hydrogens is 290 g/mol. The minimum atomic E-state index is 0.0707. The number of aromatic amines is 1. The summed E-state index contributed by atoms with van der Waals surface area (Å²) >= 11 is 0. The van der Waals surface area contributed by atoms with E-state index in [-0.39, 0.29) is 11.8 Å². The van der Waals surface area contributed by atoms with Gasteiger partial charge in [0.2, 0.25) is 5.91 Å². The van der Waals surface area contributed by atoms with E-state index in [0.717, 1.165) is 47.2 Å². The number of aryl methyl sites for hydroxylation is 1. The number of aromatic nitrogens is 4. The Balaban J connectivity index is 1.62. The normalized spacial score (nSPS) is 14.7. The van der Waals surface area contributed by atoms with Gasteiger partial charge >= 0.3 is 0 Å². The molecule has 23 heavy (non-hydrogen) atoms. The van der Waals surface area contributed by atoms with Gasteiger partial charge in [0.25, 0.3) is 0 Å². The van der Waals surface area contributed by atoms with Gasteiger partial charge in [-0.2, -0.15) is 0 Å². The van der Waals surface area contributed by atoms with Crippen molar-refractivity contribution in [3.05, 3.63) is 36.4 Å². The second-order valence-electron chi connectivity index (χ2n) is 6.00. The Bertz CT molecular complexity index is 882. The molecule has 1 saturated carbocycles. The molecule has 3 aromatic heterocycles. The number of H-pyrrole nitrogens is 1. The first-order valence-corrected chi connectivity index (χ1v) is 7.78. The van der Waals surface area contributed by atoms with Crippen molar-refractivity contribution in [2.24, 2.45) is 5.92 Å². The lowest BCUT2D eigenvalue weighted by Crippen LogP contribution is -2.28. The summed E-state index contributed by atoms with van der Waals surface area (Å²) in [5, 5.41) is 3.88. The molecule has 6 heteroatoms. The highest BCUT2D eigenvalue weighted by Crippen LogP contribution is 2.28. The molecule has 6 nitrogen and oxygen atoms in total. The van der Waals surface area contributed by atoms with Gasteiger partial charge in [0.1, 0.15) is 12.1 Å². The average Bonchev–Trinajstić information content (AvgIpc) is 2.88. The Kier molecular flexibility index (Phi) is 3.29. The summed E-state index contributed by atoms with van der Waals surface area (Å²) in [5.41, 5.74) is 3.60. The summed E-state index contributed by atoms with van der Waals surface area (Å²) in [4.78, 5) is 28.1. The summed E-state index contributed by atoms with van der Waals surface area (Å²) in [7, 11) is 0. The Labute approximate surface area is 133 Å². The molecule has 116 valence electrons. The van der Waals surface area contributed by atoms with Crippen LogP contribution in [0.1, 0.15) is 25.0 Å². The lowest BCUT2D eigenvalue weighted by Gasteiger charge is -2.23. The number of carbonyl (C=O) groups is 1. The second-order valence-corrected chi connectivity index (χ2v) is 6.00. The van der Waals surface area contributed by atoms with Crippen molar-refractivity contribution in [2.75, 3.05) is 5.32 Å². The molecule has 3 aromatic rings. The van der Waals surface area contributed by atoms with Gasteiger partial charge in [-0.05, 0) is 31.9 Å². The Morgan fingerprint density at radius 2 is 2.09 bits per heavy atom. The van der Waals surface area contributed by atoms with E-state index in [0.29, 0.717) is 5.82 Å². The molecule has 4 rings (SSSR count). The van der Waals surface area contributed by atoms with Crippen LogP contribution in [0.5, 0.6) is 0 Å². The van der Waals surface area contributed by atoms with Gasteiger partial charge in [0, 0.05) is 29.3 Å². The average molecular weight is 307 g/mol. The summed E-state index contributed by atoms with van der Waals surface area (Å²) in [6.45, 7) is 1.93. The number of nitrogens with zero attached hydrogens (tertiary/aromatic N) is 3. The third-order valence-electron chi connectivity index (χ3n) is 4.31. The fourth-order valence-electron chi connectivity index (χ4n) is 2.73. The van der Waals surface area contributed by atoms with Gasteiger partial charge in [0.15, 0.2) is 0 Å². The predicted molar refractivity (Wildman–Crippen MR) is 87.8 cm³/mol. The third-order valence-corrected chi connectivity index (χ3v) is 4.31. The number of fused-ring (bicyclic) bond motifs is 1. The van der Waals surface area contributed by atoms with Crippen molar-refractivity contribution in [1.82, 2.24) is 19.9 Å². The number of hydrogen-bond donors (Lipinski definition) is 2. The number of amides is 1. The van der Waals surface area contributed by atoms with Gasteiger partial charge in [-0.25, -0.2) is 15.0 Å². The number of hydrogen-bond acceptors (Lipinski definition) is 4. The second kappa shape index (κ2) is 5.46. The van der Waals surface area contributed by atoms with E-state index in [1.54, 1.807) is 12.5 Å². The summed E-state index contributed by atoms with van der Waals surface area (Å²) in [6.07, 6.45) is 6.42. The maximum atomic E-state index is 12.0. The van der Waals surface area contributed by atoms with E-state index in [1.807, 2.05) is 25.1 Å². The predicted octanol–water partition coefficient (Wildman–Crippen LogP) is 3.07. The maximum absolute atomic E-state index is 12.0. The van der Waals surface area contributed by atoms with E-state index >= 15 is 0 Å². The number of carbonyl (C=O) groups excluding carboxylic acids is 1. The number of rotatable bonds is 3. The molecule has 0 spiro atoms. The first-order valence-electron chi connectivity index (χ1n) is 7.78. The Morgan fingerprint density at radius 3 is 2.83 bits per heavy atom. The summed E-state index contributed by atoms with van der Waals surface area (Å²) < 4.78 is 0. The zero-order valence-electron chi connectivity index (χ0n) is 12.8. The van der Waals surface area contributed by atoms with E-state index in [4.69, 9.17) is 0 Å².